The third kappa shape index (κ3) is 2.20. The lowest BCUT2D eigenvalue weighted by molar-refractivity contribution is -0.121. The van der Waals surface area contributed by atoms with Crippen LogP contribution in [0.25, 0.3) is 10.9 Å². The van der Waals surface area contributed by atoms with Gasteiger partial charge in [-0.1, -0.05) is 44.8 Å². The number of rotatable bonds is 1. The molecule has 0 radical (unpaired) electrons. The lowest BCUT2D eigenvalue weighted by Crippen LogP contribution is -2.58. The molecular weight excluding hydrogens is 322 g/mol. The molecule has 3 nitrogen and oxygen atoms in total. The van der Waals surface area contributed by atoms with E-state index in [0.29, 0.717) is 0 Å². The molecule has 1 aliphatic carbocycles. The molecule has 0 fully saturated rings. The van der Waals surface area contributed by atoms with Gasteiger partial charge in [-0.15, -0.1) is 0 Å². The molecule has 120 valence electrons. The summed E-state index contributed by atoms with van der Waals surface area (Å²) in [4.78, 5) is 16.2. The van der Waals surface area contributed by atoms with Gasteiger partial charge in [0.1, 0.15) is 62.8 Å². The van der Waals surface area contributed by atoms with Crippen LogP contribution in [0.1, 0.15) is 17.7 Å². The van der Waals surface area contributed by atoms with E-state index in [-0.39, 0.29) is 16.3 Å². The fourth-order valence-corrected chi connectivity index (χ4v) is 5.35. The Morgan fingerprint density at radius 2 is 1.60 bits per heavy atom. The number of halogens is 1. The minimum absolute atomic E-state index is 0.0815. The van der Waals surface area contributed by atoms with E-state index in [1.54, 1.807) is 0 Å². The minimum Gasteiger partial charge on any atom is -0.370 e. The average Bonchev–Trinajstić information content (AvgIpc) is 2.89. The number of primary amides is 1. The molecule has 25 heavy (non-hydrogen) atoms. The zero-order valence-electron chi connectivity index (χ0n) is 16.6. The summed E-state index contributed by atoms with van der Waals surface area (Å²) in [5, 5.41) is 0.888. The van der Waals surface area contributed by atoms with Crippen molar-refractivity contribution in [2.45, 2.75) is 22.2 Å². The van der Waals surface area contributed by atoms with Gasteiger partial charge in [0.15, 0.2) is 0 Å². The third-order valence-corrected chi connectivity index (χ3v) is 7.44. The number of carbonyl (C=O) groups excluding carboxylic acids is 1. The Morgan fingerprint density at radius 1 is 1.04 bits per heavy atom. The molecule has 3 rings (SSSR count). The van der Waals surface area contributed by atoms with Gasteiger partial charge >= 0.3 is 0 Å². The fourth-order valence-electron chi connectivity index (χ4n) is 5.12. The molecule has 1 atom stereocenters. The van der Waals surface area contributed by atoms with Crippen molar-refractivity contribution in [3.05, 3.63) is 16.3 Å². The first kappa shape index (κ1) is 18.8. The van der Waals surface area contributed by atoms with E-state index in [4.69, 9.17) is 17.3 Å². The highest BCUT2D eigenvalue weighted by Crippen LogP contribution is 2.55. The van der Waals surface area contributed by atoms with Gasteiger partial charge in [-0.2, -0.15) is 0 Å². The maximum atomic E-state index is 12.6. The summed E-state index contributed by atoms with van der Waals surface area (Å²) in [5.41, 5.74) is 12.5. The molecule has 1 aromatic heterocycles. The van der Waals surface area contributed by atoms with Gasteiger partial charge in [0.25, 0.3) is 0 Å². The molecular formula is C13H21B8ClN2O. The number of aromatic nitrogens is 1. The Bertz CT molecular complexity index is 940. The third-order valence-electron chi connectivity index (χ3n) is 6.88. The van der Waals surface area contributed by atoms with E-state index < -0.39 is 5.31 Å². The second kappa shape index (κ2) is 5.28. The molecule has 1 aliphatic rings. The zero-order valence-corrected chi connectivity index (χ0v) is 17.3. The first-order valence-corrected chi connectivity index (χ1v) is 9.27. The van der Waals surface area contributed by atoms with Gasteiger partial charge in [-0.05, 0) is 10.9 Å². The molecule has 0 aliphatic heterocycles. The first-order chi connectivity index (χ1) is 11.3. The van der Waals surface area contributed by atoms with Crippen molar-refractivity contribution in [1.82, 2.24) is 4.98 Å². The molecule has 12 heteroatoms. The van der Waals surface area contributed by atoms with E-state index in [2.05, 4.69) is 52.1 Å². The smallest absolute Gasteiger partial charge is 0.220 e. The number of nitrogens with one attached hydrogen (secondary N) is 1. The predicted octanol–water partition coefficient (Wildman–Crippen LogP) is -7.88. The van der Waals surface area contributed by atoms with Crippen molar-refractivity contribution < 1.29 is 4.79 Å². The molecule has 2 aromatic rings. The molecule has 1 amide bonds. The van der Waals surface area contributed by atoms with E-state index in [1.807, 2.05) is 15.7 Å². The van der Waals surface area contributed by atoms with Gasteiger partial charge < -0.3 is 10.7 Å². The van der Waals surface area contributed by atoms with Crippen LogP contribution in [0.15, 0.2) is 0 Å². The van der Waals surface area contributed by atoms with Crippen LogP contribution >= 0.6 is 11.6 Å². The molecule has 1 aromatic carbocycles. The lowest BCUT2D eigenvalue weighted by atomic mass is 9.25. The summed E-state index contributed by atoms with van der Waals surface area (Å²) in [5.74, 6) is -0.279. The number of nitrogens with two attached hydrogens (primary N) is 1. The van der Waals surface area contributed by atoms with Crippen molar-refractivity contribution in [3.63, 3.8) is 0 Å². The van der Waals surface area contributed by atoms with Crippen LogP contribution in [0.3, 0.4) is 0 Å². The molecule has 0 saturated carbocycles. The molecule has 0 bridgehead atoms. The Morgan fingerprint density at radius 3 is 2.12 bits per heavy atom. The number of benzene rings is 1. The van der Waals surface area contributed by atoms with Gasteiger partial charge in [0.2, 0.25) is 5.91 Å². The number of fused-ring (bicyclic) bond motifs is 3. The number of hydrogen-bond acceptors (Lipinski definition) is 1. The van der Waals surface area contributed by atoms with E-state index >= 15 is 0 Å². The Balaban J connectivity index is 2.59. The summed E-state index contributed by atoms with van der Waals surface area (Å²) in [6, 6.07) is 0. The maximum Gasteiger partial charge on any atom is 0.220 e. The van der Waals surface area contributed by atoms with Gasteiger partial charge in [0.05, 0.1) is 0 Å². The zero-order chi connectivity index (χ0) is 19.1. The lowest BCUT2D eigenvalue weighted by Gasteiger charge is -2.52. The van der Waals surface area contributed by atoms with Crippen molar-refractivity contribution >= 4 is 108 Å². The van der Waals surface area contributed by atoms with Crippen molar-refractivity contribution in [3.8, 4) is 0 Å². The van der Waals surface area contributed by atoms with Gasteiger partial charge in [-0.3, -0.25) is 4.79 Å². The highest BCUT2D eigenvalue weighted by molar-refractivity contribution is 6.63. The summed E-state index contributed by atoms with van der Waals surface area (Å²) in [6.45, 7) is 0. The standard InChI is InChI=1S/C13H21B8ClN2O/c14-4-2-3-9(24-8(2)6(16)5(15)7(4)22)13(21,10(23)25)12(19,20)1-11(3,17)18/h24H,1,14-21H2,(H2,23,25). The molecule has 3 N–H and O–H groups in total. The largest absolute Gasteiger partial charge is 0.370 e. The SMILES string of the molecule is Bc1c(Cl)c(B)c2c3c([nH]c2c1B)C(B)(C(N)=O)C(B)(B)CC3(B)B. The summed E-state index contributed by atoms with van der Waals surface area (Å²) in [7, 11) is 17.0. The predicted molar refractivity (Wildman–Crippen MR) is 130 cm³/mol. The fraction of sp³-hybridized carbons (Fsp3) is 0.308. The Hall–Kier alpha value is -0.961. The Labute approximate surface area is 161 Å². The van der Waals surface area contributed by atoms with Crippen LogP contribution in [-0.4, -0.2) is 73.7 Å². The van der Waals surface area contributed by atoms with Crippen LogP contribution < -0.4 is 22.1 Å². The minimum atomic E-state index is -0.754. The van der Waals surface area contributed by atoms with Crippen molar-refractivity contribution in [1.29, 1.82) is 0 Å². The molecule has 0 saturated heterocycles. The second-order valence-electron chi connectivity index (χ2n) is 9.25. The van der Waals surface area contributed by atoms with Crippen LogP contribution in [0.4, 0.5) is 0 Å². The van der Waals surface area contributed by atoms with Crippen LogP contribution in [0, 0.1) is 0 Å². The summed E-state index contributed by atoms with van der Waals surface area (Å²) < 4.78 is 0. The summed E-state index contributed by atoms with van der Waals surface area (Å²) >= 11 is 6.64. The second-order valence-corrected chi connectivity index (χ2v) is 9.63. The van der Waals surface area contributed by atoms with E-state index in [9.17, 15) is 4.79 Å². The maximum absolute atomic E-state index is 12.6. The number of hydrogen-bond donors (Lipinski definition) is 2. The topological polar surface area (TPSA) is 58.9 Å². The Kier molecular flexibility index (Phi) is 3.97. The molecule has 1 heterocycles. The number of H-pyrrole nitrogens is 1. The average molecular weight is 343 g/mol. The van der Waals surface area contributed by atoms with Crippen LogP contribution in [-0.2, 0) is 15.3 Å². The van der Waals surface area contributed by atoms with Gasteiger partial charge in [-0.25, -0.2) is 0 Å². The van der Waals surface area contributed by atoms with Crippen LogP contribution in [0.2, 0.25) is 10.2 Å². The molecule has 1 unspecified atom stereocenters. The highest BCUT2D eigenvalue weighted by Gasteiger charge is 2.55. The highest BCUT2D eigenvalue weighted by atomic mass is 35.5. The van der Waals surface area contributed by atoms with E-state index in [1.165, 1.54) is 5.56 Å². The van der Waals surface area contributed by atoms with E-state index in [0.717, 1.165) is 44.4 Å². The van der Waals surface area contributed by atoms with Crippen LogP contribution in [0.5, 0.6) is 0 Å². The monoisotopic (exact) mass is 344 g/mol. The van der Waals surface area contributed by atoms with Crippen molar-refractivity contribution in [2.75, 3.05) is 0 Å². The molecule has 0 spiro atoms. The number of carbonyl (C=O) groups is 1. The van der Waals surface area contributed by atoms with Crippen molar-refractivity contribution in [2.24, 2.45) is 5.73 Å². The normalized spacial score (nSPS) is 24.0. The number of aromatic amines is 1. The quantitative estimate of drug-likeness (QED) is 0.497. The first-order valence-electron chi connectivity index (χ1n) is 8.89. The summed E-state index contributed by atoms with van der Waals surface area (Å²) in [6.07, 6.45) is 0.878. The van der Waals surface area contributed by atoms with Gasteiger partial charge in [0, 0.05) is 21.5 Å². The number of amides is 1.